The second kappa shape index (κ2) is 12.5. The van der Waals surface area contributed by atoms with Crippen molar-refractivity contribution in [3.05, 3.63) is 53.1 Å². The van der Waals surface area contributed by atoms with Crippen molar-refractivity contribution < 1.29 is 27.5 Å². The molecule has 3 aliphatic heterocycles. The molecule has 0 aliphatic carbocycles. The van der Waals surface area contributed by atoms with Crippen molar-refractivity contribution in [3.8, 4) is 5.75 Å². The summed E-state index contributed by atoms with van der Waals surface area (Å²) in [6.45, 7) is 7.38. The molecule has 0 saturated carbocycles. The Morgan fingerprint density at radius 1 is 1.17 bits per heavy atom. The van der Waals surface area contributed by atoms with Crippen LogP contribution >= 0.6 is 0 Å². The fourth-order valence-corrected chi connectivity index (χ4v) is 5.46. The van der Waals surface area contributed by atoms with Gasteiger partial charge in [-0.25, -0.2) is 8.42 Å². The van der Waals surface area contributed by atoms with Gasteiger partial charge in [-0.15, -0.1) is 0 Å². The Balaban J connectivity index is 1.72. The van der Waals surface area contributed by atoms with Gasteiger partial charge in [0.2, 0.25) is 15.9 Å². The van der Waals surface area contributed by atoms with Crippen LogP contribution in [0.2, 0.25) is 0 Å². The van der Waals surface area contributed by atoms with Crippen LogP contribution in [0.4, 0.5) is 11.4 Å². The van der Waals surface area contributed by atoms with Crippen molar-refractivity contribution in [2.75, 3.05) is 48.7 Å². The number of hydrogen-bond acceptors (Lipinski definition) is 7. The molecule has 0 saturated heterocycles. The van der Waals surface area contributed by atoms with Gasteiger partial charge in [0.1, 0.15) is 12.4 Å². The number of nitrogens with zero attached hydrogens (tertiary/aromatic N) is 2. The number of amides is 3. The van der Waals surface area contributed by atoms with Crippen LogP contribution in [-0.2, 0) is 21.2 Å². The summed E-state index contributed by atoms with van der Waals surface area (Å²) in [6, 6.07) is 9.18. The van der Waals surface area contributed by atoms with Crippen LogP contribution in [0.3, 0.4) is 0 Å². The van der Waals surface area contributed by atoms with Gasteiger partial charge in [-0.2, -0.15) is 0 Å². The van der Waals surface area contributed by atoms with Crippen molar-refractivity contribution in [1.29, 1.82) is 0 Å². The average Bonchev–Trinajstić information content (AvgIpc) is 3.29. The molecule has 11 nitrogen and oxygen atoms in total. The Morgan fingerprint density at radius 3 is 2.59 bits per heavy atom. The van der Waals surface area contributed by atoms with Gasteiger partial charge >= 0.3 is 0 Å². The second-order valence-corrected chi connectivity index (χ2v) is 12.9. The van der Waals surface area contributed by atoms with E-state index in [1.54, 1.807) is 11.0 Å². The zero-order valence-electron chi connectivity index (χ0n) is 24.2. The van der Waals surface area contributed by atoms with Gasteiger partial charge in [0, 0.05) is 37.0 Å². The van der Waals surface area contributed by atoms with Crippen molar-refractivity contribution in [2.24, 2.45) is 5.92 Å². The molecule has 3 amide bonds. The highest BCUT2D eigenvalue weighted by Gasteiger charge is 2.36. The van der Waals surface area contributed by atoms with E-state index in [0.717, 1.165) is 16.1 Å². The van der Waals surface area contributed by atoms with Crippen molar-refractivity contribution >= 4 is 39.1 Å². The van der Waals surface area contributed by atoms with Crippen molar-refractivity contribution in [3.63, 3.8) is 0 Å². The number of benzene rings is 2. The molecular formula is C29H39N5O6S. The first-order valence-electron chi connectivity index (χ1n) is 13.9. The number of carbonyl (C=O) groups excluding carboxylic acids is 3. The minimum Gasteiger partial charge on any atom is -0.492 e. The van der Waals surface area contributed by atoms with E-state index in [1.807, 2.05) is 32.9 Å². The van der Waals surface area contributed by atoms with Gasteiger partial charge < -0.3 is 25.6 Å². The summed E-state index contributed by atoms with van der Waals surface area (Å²) in [4.78, 5) is 41.6. The smallest absolute Gasteiger partial charge is 0.258 e. The lowest BCUT2D eigenvalue weighted by atomic mass is 10.1. The Morgan fingerprint density at radius 2 is 1.90 bits per heavy atom. The maximum Gasteiger partial charge on any atom is 0.258 e. The molecule has 222 valence electrons. The third-order valence-electron chi connectivity index (χ3n) is 7.30. The minimum atomic E-state index is -3.66. The van der Waals surface area contributed by atoms with Gasteiger partial charge in [0.25, 0.3) is 11.8 Å². The van der Waals surface area contributed by atoms with E-state index in [2.05, 4.69) is 16.0 Å². The van der Waals surface area contributed by atoms with E-state index >= 15 is 0 Å². The largest absolute Gasteiger partial charge is 0.492 e. The summed E-state index contributed by atoms with van der Waals surface area (Å²) in [5.74, 6) is 0.0417. The molecule has 3 heterocycles. The maximum atomic E-state index is 14.2. The van der Waals surface area contributed by atoms with Gasteiger partial charge in [-0.05, 0) is 60.7 Å². The van der Waals surface area contributed by atoms with E-state index in [4.69, 9.17) is 4.74 Å². The highest BCUT2D eigenvalue weighted by Crippen LogP contribution is 2.36. The molecule has 3 aliphatic rings. The van der Waals surface area contributed by atoms with Gasteiger partial charge in [0.05, 0.1) is 30.6 Å². The molecule has 1 unspecified atom stereocenters. The lowest BCUT2D eigenvalue weighted by Crippen LogP contribution is -2.50. The fraction of sp³-hybridized carbons (Fsp3) is 0.483. The van der Waals surface area contributed by atoms with Crippen LogP contribution in [0.1, 0.15) is 53.5 Å². The molecule has 2 aromatic carbocycles. The number of nitrogens with one attached hydrogen (secondary N) is 3. The molecule has 41 heavy (non-hydrogen) atoms. The van der Waals surface area contributed by atoms with Gasteiger partial charge in [0.15, 0.2) is 0 Å². The first-order chi connectivity index (χ1) is 19.4. The molecule has 2 aromatic rings. The number of ether oxygens (including phenoxy) is 1. The summed E-state index contributed by atoms with van der Waals surface area (Å²) in [5, 5.41) is 9.08. The Hall–Kier alpha value is -3.64. The van der Waals surface area contributed by atoms with Crippen LogP contribution in [0.25, 0.3) is 0 Å². The van der Waals surface area contributed by atoms with Crippen LogP contribution in [0, 0.1) is 5.92 Å². The van der Waals surface area contributed by atoms with Crippen LogP contribution < -0.4 is 29.9 Å². The Bertz CT molecular complexity index is 1430. The maximum absolute atomic E-state index is 14.2. The molecule has 0 radical (unpaired) electrons. The normalized spacial score (nSPS) is 17.6. The molecule has 0 spiro atoms. The Kier molecular flexibility index (Phi) is 9.23. The summed E-state index contributed by atoms with van der Waals surface area (Å²) >= 11 is 0. The fourth-order valence-electron chi connectivity index (χ4n) is 4.97. The summed E-state index contributed by atoms with van der Waals surface area (Å²) in [6.07, 6.45) is 2.16. The van der Waals surface area contributed by atoms with E-state index in [1.165, 1.54) is 25.2 Å². The molecule has 5 rings (SSSR count). The van der Waals surface area contributed by atoms with Gasteiger partial charge in [-0.3, -0.25) is 18.7 Å². The van der Waals surface area contributed by atoms with E-state index in [-0.39, 0.29) is 47.8 Å². The average molecular weight is 586 g/mol. The highest BCUT2D eigenvalue weighted by molar-refractivity contribution is 7.92. The predicted molar refractivity (Wildman–Crippen MR) is 158 cm³/mol. The summed E-state index contributed by atoms with van der Waals surface area (Å²) in [5.41, 5.74) is 2.17. The summed E-state index contributed by atoms with van der Waals surface area (Å²) < 4.78 is 31.6. The molecule has 12 heteroatoms. The quantitative estimate of drug-likeness (QED) is 0.409. The van der Waals surface area contributed by atoms with Crippen molar-refractivity contribution in [1.82, 2.24) is 16.0 Å². The molecule has 6 bridgehead atoms. The van der Waals surface area contributed by atoms with Gasteiger partial charge in [-0.1, -0.05) is 20.8 Å². The van der Waals surface area contributed by atoms with E-state index < -0.39 is 22.0 Å². The lowest BCUT2D eigenvalue weighted by Gasteiger charge is -2.28. The van der Waals surface area contributed by atoms with Crippen molar-refractivity contribution in [2.45, 2.75) is 45.7 Å². The van der Waals surface area contributed by atoms with Crippen LogP contribution in [0.15, 0.2) is 36.4 Å². The first kappa shape index (κ1) is 30.3. The number of rotatable bonds is 9. The van der Waals surface area contributed by atoms with E-state index in [0.29, 0.717) is 43.3 Å². The predicted octanol–water partition coefficient (Wildman–Crippen LogP) is 1.92. The number of fused-ring (bicyclic) bond motifs is 5. The molecule has 3 N–H and O–H groups in total. The third-order valence-corrected chi connectivity index (χ3v) is 8.51. The topological polar surface area (TPSA) is 137 Å². The number of anilines is 2. The second-order valence-electron chi connectivity index (χ2n) is 10.9. The molecule has 0 fully saturated rings. The number of hydrogen-bond donors (Lipinski definition) is 3. The van der Waals surface area contributed by atoms with Crippen LogP contribution in [0.5, 0.6) is 5.75 Å². The SMILES string of the molecule is CC[C@H](NCC1Cc2cc3ccc2N1C(=O)c1cc(cc(N(C)S(C)(=O)=O)c1)C(=O)NCCO3)C(=O)NCC(C)C. The number of carbonyl (C=O) groups is 3. The van der Waals surface area contributed by atoms with Crippen LogP contribution in [-0.4, -0.2) is 77.8 Å². The monoisotopic (exact) mass is 585 g/mol. The zero-order chi connectivity index (χ0) is 29.9. The Labute approximate surface area is 241 Å². The third kappa shape index (κ3) is 6.99. The minimum absolute atomic E-state index is 0.0872. The first-order valence-corrected chi connectivity index (χ1v) is 15.7. The standard InChI is InChI=1S/C29H39N5O6S/c1-6-25(28(36)32-16-18(2)3)31-17-23-12-19-15-24-7-8-26(19)34(23)29(37)21-11-20(27(35)30-9-10-40-24)13-22(14-21)33(4)41(5,38)39/h7-8,11,13-15,18,23,25,31H,6,9-10,12,16-17H2,1-5H3,(H,30,35)(H,32,36)/t23?,25-/m0/s1. The lowest BCUT2D eigenvalue weighted by molar-refractivity contribution is -0.123. The zero-order valence-corrected chi connectivity index (χ0v) is 25.0. The van der Waals surface area contributed by atoms with E-state index in [9.17, 15) is 22.8 Å². The highest BCUT2D eigenvalue weighted by atomic mass is 32.2. The summed E-state index contributed by atoms with van der Waals surface area (Å²) in [7, 11) is -2.28. The number of sulfonamides is 1. The molecule has 2 atom stereocenters. The molecular weight excluding hydrogens is 546 g/mol. The molecule has 0 aromatic heterocycles.